The number of anilines is 1. The average Bonchev–Trinajstić information content (AvgIpc) is 2.78. The lowest BCUT2D eigenvalue weighted by molar-refractivity contribution is 0.621. The first-order valence-electron chi connectivity index (χ1n) is 6.98. The molecule has 1 saturated heterocycles. The van der Waals surface area contributed by atoms with Crippen molar-refractivity contribution in [2.24, 2.45) is 0 Å². The molecular formula is C15H22N2S. The van der Waals surface area contributed by atoms with E-state index in [9.17, 15) is 0 Å². The predicted molar refractivity (Wildman–Crippen MR) is 80.7 cm³/mol. The van der Waals surface area contributed by atoms with Gasteiger partial charge in [0.15, 0.2) is 0 Å². The van der Waals surface area contributed by atoms with Crippen molar-refractivity contribution in [3.63, 3.8) is 0 Å². The molecule has 98 valence electrons. The zero-order valence-corrected chi connectivity index (χ0v) is 11.9. The molecule has 0 aromatic heterocycles. The number of hydrogen-bond donors (Lipinski definition) is 1. The number of aryl methyl sites for hydroxylation is 1. The maximum absolute atomic E-state index is 3.56. The third-order valence-electron chi connectivity index (χ3n) is 4.23. The normalized spacial score (nSPS) is 27.9. The summed E-state index contributed by atoms with van der Waals surface area (Å²) >= 11 is 2.01. The standard InChI is InChI=1S/C15H22N2S/c1-18-15-11-16-10-14(15)17-9-5-4-7-12-6-2-3-8-13(12)17/h2-3,6,8,14-16H,4-5,7,9-11H2,1H3. The van der Waals surface area contributed by atoms with Gasteiger partial charge in [-0.2, -0.15) is 11.8 Å². The molecular weight excluding hydrogens is 240 g/mol. The van der Waals surface area contributed by atoms with Crippen LogP contribution in [0.15, 0.2) is 24.3 Å². The van der Waals surface area contributed by atoms with Crippen molar-refractivity contribution in [1.29, 1.82) is 0 Å². The summed E-state index contributed by atoms with van der Waals surface area (Å²) in [5.41, 5.74) is 3.03. The topological polar surface area (TPSA) is 15.3 Å². The third-order valence-corrected chi connectivity index (χ3v) is 5.31. The summed E-state index contributed by atoms with van der Waals surface area (Å²) in [6.07, 6.45) is 6.15. The molecule has 1 N–H and O–H groups in total. The number of benzene rings is 1. The molecule has 2 nitrogen and oxygen atoms in total. The maximum atomic E-state index is 3.56. The highest BCUT2D eigenvalue weighted by Crippen LogP contribution is 2.31. The summed E-state index contributed by atoms with van der Waals surface area (Å²) in [6.45, 7) is 3.52. The van der Waals surface area contributed by atoms with Crippen molar-refractivity contribution in [3.8, 4) is 0 Å². The predicted octanol–water partition coefficient (Wildman–Crippen LogP) is 2.53. The van der Waals surface area contributed by atoms with Crippen molar-refractivity contribution >= 4 is 17.4 Å². The number of rotatable bonds is 2. The van der Waals surface area contributed by atoms with Crippen LogP contribution in [0.25, 0.3) is 0 Å². The van der Waals surface area contributed by atoms with Crippen molar-refractivity contribution in [1.82, 2.24) is 5.32 Å². The van der Waals surface area contributed by atoms with Crippen molar-refractivity contribution < 1.29 is 0 Å². The van der Waals surface area contributed by atoms with Crippen LogP contribution < -0.4 is 10.2 Å². The first-order valence-corrected chi connectivity index (χ1v) is 8.27. The van der Waals surface area contributed by atoms with Crippen LogP contribution in [-0.4, -0.2) is 37.2 Å². The van der Waals surface area contributed by atoms with Crippen LogP contribution in [0.1, 0.15) is 18.4 Å². The lowest BCUT2D eigenvalue weighted by Crippen LogP contribution is -2.42. The van der Waals surface area contributed by atoms with Crippen molar-refractivity contribution in [2.45, 2.75) is 30.6 Å². The van der Waals surface area contributed by atoms with E-state index in [0.717, 1.165) is 18.3 Å². The molecule has 1 fully saturated rings. The molecule has 2 aliphatic rings. The second kappa shape index (κ2) is 5.54. The van der Waals surface area contributed by atoms with Gasteiger partial charge < -0.3 is 10.2 Å². The van der Waals surface area contributed by atoms with Gasteiger partial charge in [0.1, 0.15) is 0 Å². The molecule has 3 rings (SSSR count). The third kappa shape index (κ3) is 2.26. The van der Waals surface area contributed by atoms with Gasteiger partial charge in [0.2, 0.25) is 0 Å². The molecule has 0 aliphatic carbocycles. The van der Waals surface area contributed by atoms with Crippen LogP contribution in [-0.2, 0) is 6.42 Å². The Labute approximate surface area is 114 Å². The Morgan fingerprint density at radius 3 is 3.00 bits per heavy atom. The first kappa shape index (κ1) is 12.4. The Hall–Kier alpha value is -0.670. The zero-order chi connectivity index (χ0) is 12.4. The van der Waals surface area contributed by atoms with Crippen LogP contribution in [0.3, 0.4) is 0 Å². The molecule has 2 unspecified atom stereocenters. The van der Waals surface area contributed by atoms with Gasteiger partial charge in [-0.1, -0.05) is 18.2 Å². The number of thioether (sulfide) groups is 1. The second-order valence-electron chi connectivity index (χ2n) is 5.28. The van der Waals surface area contributed by atoms with E-state index in [1.807, 2.05) is 11.8 Å². The quantitative estimate of drug-likeness (QED) is 0.882. The molecule has 1 aromatic rings. The van der Waals surface area contributed by atoms with Crippen molar-refractivity contribution in [2.75, 3.05) is 30.8 Å². The minimum Gasteiger partial charge on any atom is -0.366 e. The molecule has 18 heavy (non-hydrogen) atoms. The molecule has 2 atom stereocenters. The van der Waals surface area contributed by atoms with Gasteiger partial charge in [-0.05, 0) is 37.1 Å². The second-order valence-corrected chi connectivity index (χ2v) is 6.36. The first-order chi connectivity index (χ1) is 8.90. The smallest absolute Gasteiger partial charge is 0.0545 e. The minimum atomic E-state index is 0.666. The minimum absolute atomic E-state index is 0.666. The molecule has 2 heterocycles. The fourth-order valence-electron chi connectivity index (χ4n) is 3.26. The highest BCUT2D eigenvalue weighted by Gasteiger charge is 2.32. The van der Waals surface area contributed by atoms with Crippen molar-refractivity contribution in [3.05, 3.63) is 29.8 Å². The van der Waals surface area contributed by atoms with E-state index in [4.69, 9.17) is 0 Å². The summed E-state index contributed by atoms with van der Waals surface area (Å²) in [4.78, 5) is 2.67. The van der Waals surface area contributed by atoms with E-state index in [0.29, 0.717) is 6.04 Å². The van der Waals surface area contributed by atoms with E-state index in [-0.39, 0.29) is 0 Å². The highest BCUT2D eigenvalue weighted by molar-refractivity contribution is 7.99. The molecule has 3 heteroatoms. The summed E-state index contributed by atoms with van der Waals surface area (Å²) < 4.78 is 0. The Balaban J connectivity index is 1.91. The summed E-state index contributed by atoms with van der Waals surface area (Å²) in [7, 11) is 0. The maximum Gasteiger partial charge on any atom is 0.0545 e. The number of para-hydroxylation sites is 1. The largest absolute Gasteiger partial charge is 0.366 e. The Kier molecular flexibility index (Phi) is 3.80. The van der Waals surface area contributed by atoms with E-state index in [2.05, 4.69) is 40.7 Å². The van der Waals surface area contributed by atoms with E-state index in [1.54, 1.807) is 5.56 Å². The van der Waals surface area contributed by atoms with Gasteiger partial charge in [-0.3, -0.25) is 0 Å². The van der Waals surface area contributed by atoms with Crippen LogP contribution in [0, 0.1) is 0 Å². The summed E-state index contributed by atoms with van der Waals surface area (Å²) in [5, 5.41) is 4.29. The highest BCUT2D eigenvalue weighted by atomic mass is 32.2. The summed E-state index contributed by atoms with van der Waals surface area (Å²) in [5.74, 6) is 0. The fraction of sp³-hybridized carbons (Fsp3) is 0.600. The fourth-order valence-corrected chi connectivity index (χ4v) is 4.10. The monoisotopic (exact) mass is 262 g/mol. The van der Waals surface area contributed by atoms with Gasteiger partial charge in [0.05, 0.1) is 6.04 Å². The van der Waals surface area contributed by atoms with Crippen LogP contribution in [0.2, 0.25) is 0 Å². The Morgan fingerprint density at radius 2 is 2.11 bits per heavy atom. The van der Waals surface area contributed by atoms with E-state index in [1.165, 1.54) is 31.5 Å². The summed E-state index contributed by atoms with van der Waals surface area (Å²) in [6, 6.07) is 9.66. The average molecular weight is 262 g/mol. The molecule has 0 bridgehead atoms. The number of nitrogens with one attached hydrogen (secondary N) is 1. The van der Waals surface area contributed by atoms with Crippen LogP contribution in [0.5, 0.6) is 0 Å². The van der Waals surface area contributed by atoms with E-state index >= 15 is 0 Å². The van der Waals surface area contributed by atoms with E-state index < -0.39 is 0 Å². The lowest BCUT2D eigenvalue weighted by atomic mass is 10.1. The molecule has 1 aromatic carbocycles. The van der Waals surface area contributed by atoms with Gasteiger partial charge in [-0.15, -0.1) is 0 Å². The molecule has 2 aliphatic heterocycles. The molecule has 0 saturated carbocycles. The zero-order valence-electron chi connectivity index (χ0n) is 11.1. The van der Waals surface area contributed by atoms with Gasteiger partial charge in [0.25, 0.3) is 0 Å². The van der Waals surface area contributed by atoms with Gasteiger partial charge in [0, 0.05) is 30.6 Å². The molecule has 0 radical (unpaired) electrons. The molecule has 0 spiro atoms. The number of nitrogens with zero attached hydrogens (tertiary/aromatic N) is 1. The number of hydrogen-bond acceptors (Lipinski definition) is 3. The lowest BCUT2D eigenvalue weighted by Gasteiger charge is -2.34. The van der Waals surface area contributed by atoms with Gasteiger partial charge in [-0.25, -0.2) is 0 Å². The van der Waals surface area contributed by atoms with Gasteiger partial charge >= 0.3 is 0 Å². The molecule has 0 amide bonds. The Morgan fingerprint density at radius 1 is 1.22 bits per heavy atom. The van der Waals surface area contributed by atoms with Crippen LogP contribution >= 0.6 is 11.8 Å². The SMILES string of the molecule is CSC1CNCC1N1CCCCc2ccccc21. The van der Waals surface area contributed by atoms with Crippen LogP contribution in [0.4, 0.5) is 5.69 Å². The Bertz CT molecular complexity index is 407. The number of fused-ring (bicyclic) bond motifs is 1.